The van der Waals surface area contributed by atoms with Gasteiger partial charge in [0, 0.05) is 39.8 Å². The van der Waals surface area contributed by atoms with Crippen LogP contribution in [0.2, 0.25) is 0 Å². The van der Waals surface area contributed by atoms with Crippen molar-refractivity contribution in [2.24, 2.45) is 0 Å². The summed E-state index contributed by atoms with van der Waals surface area (Å²) in [5.74, 6) is 0.794. The van der Waals surface area contributed by atoms with Crippen molar-refractivity contribution in [3.05, 3.63) is 53.7 Å². The predicted octanol–water partition coefficient (Wildman–Crippen LogP) is 2.40. The molecule has 2 aromatic rings. The Hall–Kier alpha value is -2.38. The molecule has 0 radical (unpaired) electrons. The first-order valence-corrected chi connectivity index (χ1v) is 8.64. The number of nitrogens with zero attached hydrogens (tertiary/aromatic N) is 2. The summed E-state index contributed by atoms with van der Waals surface area (Å²) >= 11 is 0. The molecule has 6 nitrogen and oxygen atoms in total. The third-order valence-corrected chi connectivity index (χ3v) is 4.32. The molecule has 0 atom stereocenters. The van der Waals surface area contributed by atoms with Gasteiger partial charge in [0.2, 0.25) is 0 Å². The summed E-state index contributed by atoms with van der Waals surface area (Å²) in [4.78, 5) is 16.4. The second-order valence-electron chi connectivity index (χ2n) is 6.11. The number of carbonyl (C=O) groups excluding carboxylic acids is 1. The molecule has 0 spiro atoms. The predicted molar refractivity (Wildman–Crippen MR) is 93.7 cm³/mol. The van der Waals surface area contributed by atoms with E-state index in [1.165, 1.54) is 6.07 Å². The van der Waals surface area contributed by atoms with Crippen LogP contribution in [0, 0.1) is 5.82 Å². The number of hydrogen-bond donors (Lipinski definition) is 0. The van der Waals surface area contributed by atoms with Crippen molar-refractivity contribution in [3.8, 4) is 5.75 Å². The lowest BCUT2D eigenvalue weighted by Crippen LogP contribution is -2.49. The maximum Gasteiger partial charge on any atom is 0.289 e. The van der Waals surface area contributed by atoms with Crippen molar-refractivity contribution in [1.82, 2.24) is 9.80 Å². The third-order valence-electron chi connectivity index (χ3n) is 4.32. The van der Waals surface area contributed by atoms with Crippen LogP contribution in [-0.4, -0.2) is 62.1 Å². The number of benzene rings is 1. The van der Waals surface area contributed by atoms with Crippen molar-refractivity contribution in [3.63, 3.8) is 0 Å². The average Bonchev–Trinajstić information content (AvgIpc) is 3.12. The molecule has 2 heterocycles. The molecule has 1 aromatic carbocycles. The van der Waals surface area contributed by atoms with Crippen LogP contribution >= 0.6 is 0 Å². The van der Waals surface area contributed by atoms with Crippen molar-refractivity contribution in [1.29, 1.82) is 0 Å². The van der Waals surface area contributed by atoms with Crippen molar-refractivity contribution >= 4 is 5.91 Å². The fourth-order valence-electron chi connectivity index (χ4n) is 2.89. The Kier molecular flexibility index (Phi) is 6.25. The summed E-state index contributed by atoms with van der Waals surface area (Å²) in [5, 5.41) is 0. The summed E-state index contributed by atoms with van der Waals surface area (Å²) in [6.07, 6.45) is 0. The first kappa shape index (κ1) is 18.4. The highest BCUT2D eigenvalue weighted by Crippen LogP contribution is 2.16. The molecule has 1 aliphatic rings. The molecule has 3 rings (SSSR count). The minimum absolute atomic E-state index is 0.102. The van der Waals surface area contributed by atoms with Gasteiger partial charge in [0.05, 0.1) is 0 Å². The second kappa shape index (κ2) is 8.82. The van der Waals surface area contributed by atoms with E-state index < -0.39 is 0 Å². The van der Waals surface area contributed by atoms with Gasteiger partial charge in [-0.2, -0.15) is 0 Å². The standard InChI is InChI=1S/C19H23FN2O4/c1-24-14-15-6-7-18(26-15)19(23)22-10-8-21(9-11-22)12-13-25-17-5-3-2-4-16(17)20/h2-7H,8-14H2,1H3. The van der Waals surface area contributed by atoms with Gasteiger partial charge in [0.1, 0.15) is 19.0 Å². The summed E-state index contributed by atoms with van der Waals surface area (Å²) in [6, 6.07) is 9.82. The van der Waals surface area contributed by atoms with Gasteiger partial charge in [-0.15, -0.1) is 0 Å². The van der Waals surface area contributed by atoms with E-state index in [9.17, 15) is 9.18 Å². The fourth-order valence-corrected chi connectivity index (χ4v) is 2.89. The van der Waals surface area contributed by atoms with E-state index in [1.807, 2.05) is 0 Å². The number of piperazine rings is 1. The SMILES string of the molecule is COCc1ccc(C(=O)N2CCN(CCOc3ccccc3F)CC2)o1. The molecule has 7 heteroatoms. The quantitative estimate of drug-likeness (QED) is 0.757. The van der Waals surface area contributed by atoms with Gasteiger partial charge in [-0.25, -0.2) is 4.39 Å². The molecular formula is C19H23FN2O4. The van der Waals surface area contributed by atoms with E-state index in [0.717, 1.165) is 13.1 Å². The van der Waals surface area contributed by atoms with Gasteiger partial charge in [-0.05, 0) is 24.3 Å². The van der Waals surface area contributed by atoms with Crippen LogP contribution in [0.1, 0.15) is 16.3 Å². The van der Waals surface area contributed by atoms with Gasteiger partial charge in [-0.3, -0.25) is 9.69 Å². The Morgan fingerprint density at radius 3 is 2.65 bits per heavy atom. The van der Waals surface area contributed by atoms with E-state index in [0.29, 0.717) is 44.4 Å². The normalized spacial score (nSPS) is 15.2. The molecule has 1 aliphatic heterocycles. The van der Waals surface area contributed by atoms with Crippen LogP contribution in [0.3, 0.4) is 0 Å². The number of amides is 1. The van der Waals surface area contributed by atoms with Gasteiger partial charge in [0.25, 0.3) is 5.91 Å². The Morgan fingerprint density at radius 2 is 1.92 bits per heavy atom. The summed E-state index contributed by atoms with van der Waals surface area (Å²) < 4.78 is 29.5. The zero-order valence-electron chi connectivity index (χ0n) is 14.8. The number of para-hydroxylation sites is 1. The summed E-state index contributed by atoms with van der Waals surface area (Å²) in [5.41, 5.74) is 0. The minimum Gasteiger partial charge on any atom is -0.489 e. The lowest BCUT2D eigenvalue weighted by Gasteiger charge is -2.34. The molecule has 140 valence electrons. The maximum atomic E-state index is 13.5. The number of hydrogen-bond acceptors (Lipinski definition) is 5. The van der Waals surface area contributed by atoms with Crippen LogP contribution < -0.4 is 4.74 Å². The lowest BCUT2D eigenvalue weighted by molar-refractivity contribution is 0.0583. The zero-order chi connectivity index (χ0) is 18.4. The Balaban J connectivity index is 1.42. The van der Waals surface area contributed by atoms with Crippen molar-refractivity contribution in [2.75, 3.05) is 46.4 Å². The molecule has 1 saturated heterocycles. The fraction of sp³-hybridized carbons (Fsp3) is 0.421. The van der Waals surface area contributed by atoms with Gasteiger partial charge < -0.3 is 18.8 Å². The molecule has 0 unspecified atom stereocenters. The van der Waals surface area contributed by atoms with Crippen molar-refractivity contribution in [2.45, 2.75) is 6.61 Å². The molecule has 0 N–H and O–H groups in total. The first-order chi connectivity index (χ1) is 12.7. The summed E-state index contributed by atoms with van der Waals surface area (Å²) in [6.45, 7) is 4.19. The van der Waals surface area contributed by atoms with E-state index in [4.69, 9.17) is 13.9 Å². The minimum atomic E-state index is -0.353. The zero-order valence-corrected chi connectivity index (χ0v) is 14.8. The Morgan fingerprint density at radius 1 is 1.15 bits per heavy atom. The maximum absolute atomic E-state index is 13.5. The molecule has 1 fully saturated rings. The highest BCUT2D eigenvalue weighted by Gasteiger charge is 2.24. The van der Waals surface area contributed by atoms with Crippen molar-refractivity contribution < 1.29 is 23.1 Å². The topological polar surface area (TPSA) is 55.2 Å². The molecular weight excluding hydrogens is 339 g/mol. The van der Waals surface area contributed by atoms with E-state index in [2.05, 4.69) is 4.90 Å². The van der Waals surface area contributed by atoms with Gasteiger partial charge in [-0.1, -0.05) is 12.1 Å². The molecule has 1 amide bonds. The van der Waals surface area contributed by atoms with Crippen LogP contribution in [-0.2, 0) is 11.3 Å². The highest BCUT2D eigenvalue weighted by molar-refractivity contribution is 5.91. The monoisotopic (exact) mass is 362 g/mol. The second-order valence-corrected chi connectivity index (χ2v) is 6.11. The van der Waals surface area contributed by atoms with Crippen LogP contribution in [0.5, 0.6) is 5.75 Å². The van der Waals surface area contributed by atoms with E-state index in [-0.39, 0.29) is 17.5 Å². The number of halogens is 1. The molecule has 26 heavy (non-hydrogen) atoms. The average molecular weight is 362 g/mol. The number of rotatable bonds is 7. The molecule has 0 aliphatic carbocycles. The van der Waals surface area contributed by atoms with Crippen LogP contribution in [0.15, 0.2) is 40.8 Å². The number of furan rings is 1. The van der Waals surface area contributed by atoms with Gasteiger partial charge >= 0.3 is 0 Å². The molecule has 0 saturated carbocycles. The number of ether oxygens (including phenoxy) is 2. The lowest BCUT2D eigenvalue weighted by atomic mass is 10.3. The smallest absolute Gasteiger partial charge is 0.289 e. The molecule has 1 aromatic heterocycles. The first-order valence-electron chi connectivity index (χ1n) is 8.64. The Labute approximate surface area is 152 Å². The third kappa shape index (κ3) is 4.62. The van der Waals surface area contributed by atoms with E-state index in [1.54, 1.807) is 42.3 Å². The number of carbonyl (C=O) groups is 1. The highest BCUT2D eigenvalue weighted by atomic mass is 19.1. The summed E-state index contributed by atoms with van der Waals surface area (Å²) in [7, 11) is 1.58. The van der Waals surface area contributed by atoms with Crippen LogP contribution in [0.25, 0.3) is 0 Å². The largest absolute Gasteiger partial charge is 0.489 e. The van der Waals surface area contributed by atoms with E-state index >= 15 is 0 Å². The van der Waals surface area contributed by atoms with Crippen LogP contribution in [0.4, 0.5) is 4.39 Å². The number of methoxy groups -OCH3 is 1. The Bertz CT molecular complexity index is 726. The van der Waals surface area contributed by atoms with Gasteiger partial charge in [0.15, 0.2) is 17.3 Å². The molecule has 0 bridgehead atoms.